The first-order valence-corrected chi connectivity index (χ1v) is 6.70. The van der Waals surface area contributed by atoms with Gasteiger partial charge in [-0.15, -0.1) is 0 Å². The summed E-state index contributed by atoms with van der Waals surface area (Å²) in [7, 11) is 0. The second-order valence-electron chi connectivity index (χ2n) is 5.32. The molecule has 1 aromatic rings. The van der Waals surface area contributed by atoms with Crippen molar-refractivity contribution in [2.75, 3.05) is 6.61 Å². The van der Waals surface area contributed by atoms with Crippen molar-refractivity contribution in [2.24, 2.45) is 11.8 Å². The molecule has 1 saturated carbocycles. The van der Waals surface area contributed by atoms with Gasteiger partial charge < -0.3 is 15.2 Å². The molecule has 1 aliphatic rings. The van der Waals surface area contributed by atoms with Gasteiger partial charge >= 0.3 is 5.97 Å². The highest BCUT2D eigenvalue weighted by Gasteiger charge is 2.48. The molecule has 0 aliphatic heterocycles. The largest absolute Gasteiger partial charge is 0.491 e. The van der Waals surface area contributed by atoms with Gasteiger partial charge in [-0.1, -0.05) is 12.1 Å². The summed E-state index contributed by atoms with van der Waals surface area (Å²) >= 11 is 0. The number of hydrogen-bond acceptors (Lipinski definition) is 3. The van der Waals surface area contributed by atoms with Gasteiger partial charge in [0.25, 0.3) is 0 Å². The van der Waals surface area contributed by atoms with Crippen LogP contribution in [0.15, 0.2) is 24.3 Å². The van der Waals surface area contributed by atoms with Crippen molar-refractivity contribution in [2.45, 2.75) is 26.3 Å². The maximum absolute atomic E-state index is 11.8. The van der Waals surface area contributed by atoms with E-state index in [2.05, 4.69) is 5.32 Å². The van der Waals surface area contributed by atoms with Crippen LogP contribution in [-0.4, -0.2) is 29.6 Å². The normalized spacial score (nSPS) is 21.9. The molecule has 5 heteroatoms. The van der Waals surface area contributed by atoms with Gasteiger partial charge in [-0.3, -0.25) is 9.59 Å². The molecule has 0 bridgehead atoms. The second kappa shape index (κ2) is 5.94. The fourth-order valence-electron chi connectivity index (χ4n) is 2.08. The zero-order valence-electron chi connectivity index (χ0n) is 11.6. The van der Waals surface area contributed by atoms with Crippen molar-refractivity contribution in [3.63, 3.8) is 0 Å². The standard InChI is InChI=1S/C15H19NO4/c1-9-4-3-5-11(6-9)20-8-10(2)16-14(17)12-7-13(12)15(18)19/h3-6,10,12-13H,7-8H2,1-2H3,(H,16,17)(H,18,19). The van der Waals surface area contributed by atoms with Gasteiger partial charge in [0.2, 0.25) is 5.91 Å². The number of carbonyl (C=O) groups is 2. The lowest BCUT2D eigenvalue weighted by atomic mass is 10.2. The summed E-state index contributed by atoms with van der Waals surface area (Å²) in [6.45, 7) is 4.18. The monoisotopic (exact) mass is 277 g/mol. The van der Waals surface area contributed by atoms with Crippen molar-refractivity contribution < 1.29 is 19.4 Å². The molecule has 2 rings (SSSR count). The number of ether oxygens (including phenoxy) is 1. The zero-order valence-corrected chi connectivity index (χ0v) is 11.6. The van der Waals surface area contributed by atoms with Crippen LogP contribution in [0.4, 0.5) is 0 Å². The van der Waals surface area contributed by atoms with E-state index in [1.165, 1.54) is 0 Å². The van der Waals surface area contributed by atoms with Crippen molar-refractivity contribution in [1.29, 1.82) is 0 Å². The van der Waals surface area contributed by atoms with E-state index in [0.29, 0.717) is 13.0 Å². The van der Waals surface area contributed by atoms with Crippen molar-refractivity contribution in [3.8, 4) is 5.75 Å². The minimum Gasteiger partial charge on any atom is -0.491 e. The highest BCUT2D eigenvalue weighted by Crippen LogP contribution is 2.38. The molecule has 1 aliphatic carbocycles. The van der Waals surface area contributed by atoms with Crippen LogP contribution in [0.3, 0.4) is 0 Å². The van der Waals surface area contributed by atoms with Gasteiger partial charge in [-0.25, -0.2) is 0 Å². The topological polar surface area (TPSA) is 75.6 Å². The summed E-state index contributed by atoms with van der Waals surface area (Å²) in [6.07, 6.45) is 0.437. The third-order valence-corrected chi connectivity index (χ3v) is 3.32. The second-order valence-corrected chi connectivity index (χ2v) is 5.32. The van der Waals surface area contributed by atoms with Crippen LogP contribution >= 0.6 is 0 Å². The lowest BCUT2D eigenvalue weighted by Gasteiger charge is -2.15. The number of nitrogens with one attached hydrogen (secondary N) is 1. The Bertz CT molecular complexity index is 514. The first-order valence-electron chi connectivity index (χ1n) is 6.70. The molecule has 108 valence electrons. The molecule has 0 heterocycles. The zero-order chi connectivity index (χ0) is 14.7. The highest BCUT2D eigenvalue weighted by molar-refractivity contribution is 5.89. The van der Waals surface area contributed by atoms with Crippen molar-refractivity contribution in [1.82, 2.24) is 5.32 Å². The number of amides is 1. The van der Waals surface area contributed by atoms with Gasteiger partial charge in [-0.2, -0.15) is 0 Å². The Labute approximate surface area is 117 Å². The van der Waals surface area contributed by atoms with Gasteiger partial charge in [-0.05, 0) is 38.0 Å². The van der Waals surface area contributed by atoms with E-state index in [1.54, 1.807) is 0 Å². The number of carboxylic acid groups (broad SMARTS) is 1. The summed E-state index contributed by atoms with van der Waals surface area (Å²) in [5, 5.41) is 11.6. The molecule has 3 unspecified atom stereocenters. The van der Waals surface area contributed by atoms with Crippen LogP contribution in [0.25, 0.3) is 0 Å². The Balaban J connectivity index is 1.74. The predicted octanol–water partition coefficient (Wildman–Crippen LogP) is 1.60. The number of carboxylic acids is 1. The quantitative estimate of drug-likeness (QED) is 0.828. The number of rotatable bonds is 6. The molecule has 1 aromatic carbocycles. The minimum atomic E-state index is -0.895. The highest BCUT2D eigenvalue weighted by atomic mass is 16.5. The fraction of sp³-hybridized carbons (Fsp3) is 0.467. The lowest BCUT2D eigenvalue weighted by molar-refractivity contribution is -0.140. The van der Waals surface area contributed by atoms with Gasteiger partial charge in [0, 0.05) is 0 Å². The van der Waals surface area contributed by atoms with Crippen LogP contribution in [0.5, 0.6) is 5.75 Å². The Kier molecular flexibility index (Phi) is 4.27. The van der Waals surface area contributed by atoms with E-state index >= 15 is 0 Å². The van der Waals surface area contributed by atoms with Crippen LogP contribution < -0.4 is 10.1 Å². The Morgan fingerprint density at radius 3 is 2.80 bits per heavy atom. The van der Waals surface area contributed by atoms with E-state index in [1.807, 2.05) is 38.1 Å². The van der Waals surface area contributed by atoms with E-state index in [9.17, 15) is 9.59 Å². The first kappa shape index (κ1) is 14.4. The number of benzene rings is 1. The predicted molar refractivity (Wildman–Crippen MR) is 73.5 cm³/mol. The summed E-state index contributed by atoms with van der Waals surface area (Å²) in [5.41, 5.74) is 1.11. The van der Waals surface area contributed by atoms with Crippen LogP contribution in [0, 0.1) is 18.8 Å². The van der Waals surface area contributed by atoms with E-state index in [4.69, 9.17) is 9.84 Å². The van der Waals surface area contributed by atoms with Gasteiger partial charge in [0.05, 0.1) is 17.9 Å². The molecular formula is C15H19NO4. The lowest BCUT2D eigenvalue weighted by Crippen LogP contribution is -2.38. The Morgan fingerprint density at radius 1 is 1.45 bits per heavy atom. The van der Waals surface area contributed by atoms with E-state index < -0.39 is 11.9 Å². The molecule has 0 saturated heterocycles. The summed E-state index contributed by atoms with van der Waals surface area (Å²) < 4.78 is 5.59. The average Bonchev–Trinajstić information content (AvgIpc) is 3.17. The van der Waals surface area contributed by atoms with Crippen LogP contribution in [0.2, 0.25) is 0 Å². The molecule has 20 heavy (non-hydrogen) atoms. The average molecular weight is 277 g/mol. The van der Waals surface area contributed by atoms with Gasteiger partial charge in [0.1, 0.15) is 12.4 Å². The third-order valence-electron chi connectivity index (χ3n) is 3.32. The molecule has 0 spiro atoms. The van der Waals surface area contributed by atoms with Crippen LogP contribution in [0.1, 0.15) is 18.9 Å². The molecule has 1 fully saturated rings. The fourth-order valence-corrected chi connectivity index (χ4v) is 2.08. The Hall–Kier alpha value is -2.04. The molecule has 2 N–H and O–H groups in total. The number of aliphatic carboxylic acids is 1. The van der Waals surface area contributed by atoms with Crippen LogP contribution in [-0.2, 0) is 9.59 Å². The van der Waals surface area contributed by atoms with E-state index in [0.717, 1.165) is 11.3 Å². The minimum absolute atomic E-state index is 0.155. The maximum Gasteiger partial charge on any atom is 0.307 e. The number of hydrogen-bond donors (Lipinski definition) is 2. The molecule has 0 radical (unpaired) electrons. The van der Waals surface area contributed by atoms with Gasteiger partial charge in [0.15, 0.2) is 0 Å². The summed E-state index contributed by atoms with van der Waals surface area (Å²) in [6, 6.07) is 7.53. The molecule has 3 atom stereocenters. The van der Waals surface area contributed by atoms with E-state index in [-0.39, 0.29) is 17.9 Å². The smallest absolute Gasteiger partial charge is 0.307 e. The summed E-state index contributed by atoms with van der Waals surface area (Å²) in [4.78, 5) is 22.5. The third kappa shape index (κ3) is 3.73. The molecular weight excluding hydrogens is 258 g/mol. The summed E-state index contributed by atoms with van der Waals surface area (Å²) in [5.74, 6) is -1.22. The number of carbonyl (C=O) groups excluding carboxylic acids is 1. The Morgan fingerprint density at radius 2 is 2.20 bits per heavy atom. The first-order chi connectivity index (χ1) is 9.47. The molecule has 5 nitrogen and oxygen atoms in total. The number of aryl methyl sites for hydroxylation is 1. The van der Waals surface area contributed by atoms with Crippen molar-refractivity contribution >= 4 is 11.9 Å². The molecule has 1 amide bonds. The SMILES string of the molecule is Cc1cccc(OCC(C)NC(=O)C2CC2C(=O)O)c1. The molecule has 0 aromatic heterocycles. The maximum atomic E-state index is 11.8. The van der Waals surface area contributed by atoms with Crippen molar-refractivity contribution in [3.05, 3.63) is 29.8 Å².